The van der Waals surface area contributed by atoms with E-state index in [1.165, 1.54) is 6.07 Å². The van der Waals surface area contributed by atoms with Gasteiger partial charge in [0.1, 0.15) is 0 Å². The zero-order valence-corrected chi connectivity index (χ0v) is 11.9. The molecule has 1 heterocycles. The largest absolute Gasteiger partial charge is 0.379 e. The normalized spacial score (nSPS) is 16.2. The predicted molar refractivity (Wildman–Crippen MR) is 77.1 cm³/mol. The van der Waals surface area contributed by atoms with E-state index in [0.717, 1.165) is 39.4 Å². The summed E-state index contributed by atoms with van der Waals surface area (Å²) >= 11 is 6.03. The molecule has 7 heteroatoms. The lowest BCUT2D eigenvalue weighted by Gasteiger charge is -2.26. The van der Waals surface area contributed by atoms with Crippen molar-refractivity contribution in [2.24, 2.45) is 0 Å². The van der Waals surface area contributed by atoms with E-state index in [-0.39, 0.29) is 5.69 Å². The molecular weight excluding hydrogens is 282 g/mol. The lowest BCUT2D eigenvalue weighted by molar-refractivity contribution is -0.385. The molecule has 0 aromatic heterocycles. The zero-order chi connectivity index (χ0) is 14.4. The maximum absolute atomic E-state index is 11.0. The van der Waals surface area contributed by atoms with Gasteiger partial charge >= 0.3 is 0 Å². The van der Waals surface area contributed by atoms with Gasteiger partial charge in [-0.1, -0.05) is 17.7 Å². The summed E-state index contributed by atoms with van der Waals surface area (Å²) in [5, 5.41) is 14.6. The van der Waals surface area contributed by atoms with Crippen LogP contribution in [0.15, 0.2) is 18.2 Å². The van der Waals surface area contributed by atoms with Gasteiger partial charge < -0.3 is 10.1 Å². The third kappa shape index (κ3) is 4.14. The molecule has 0 radical (unpaired) electrons. The Morgan fingerprint density at radius 2 is 2.15 bits per heavy atom. The molecule has 1 fully saturated rings. The minimum Gasteiger partial charge on any atom is -0.379 e. The lowest BCUT2D eigenvalue weighted by atomic mass is 10.2. The topological polar surface area (TPSA) is 67.6 Å². The lowest BCUT2D eigenvalue weighted by Crippen LogP contribution is -2.40. The van der Waals surface area contributed by atoms with Gasteiger partial charge in [-0.3, -0.25) is 15.0 Å². The molecule has 6 nitrogen and oxygen atoms in total. The van der Waals surface area contributed by atoms with Gasteiger partial charge in [0.15, 0.2) is 0 Å². The monoisotopic (exact) mass is 299 g/mol. The molecule has 1 aromatic rings. The van der Waals surface area contributed by atoms with E-state index in [9.17, 15) is 10.1 Å². The van der Waals surface area contributed by atoms with E-state index in [4.69, 9.17) is 16.3 Å². The van der Waals surface area contributed by atoms with E-state index >= 15 is 0 Å². The Hall–Kier alpha value is -1.21. The fourth-order valence-electron chi connectivity index (χ4n) is 2.17. The van der Waals surface area contributed by atoms with Crippen LogP contribution in [0.4, 0.5) is 5.69 Å². The van der Waals surface area contributed by atoms with Crippen molar-refractivity contribution in [3.63, 3.8) is 0 Å². The van der Waals surface area contributed by atoms with Gasteiger partial charge in [-0.25, -0.2) is 0 Å². The van der Waals surface area contributed by atoms with Gasteiger partial charge in [0.25, 0.3) is 5.69 Å². The molecule has 1 N–H and O–H groups in total. The van der Waals surface area contributed by atoms with Crippen molar-refractivity contribution in [2.75, 3.05) is 39.4 Å². The third-order valence-corrected chi connectivity index (χ3v) is 3.66. The number of rotatable bonds is 6. The first-order chi connectivity index (χ1) is 9.68. The van der Waals surface area contributed by atoms with Crippen LogP contribution in [0.5, 0.6) is 0 Å². The second kappa shape index (κ2) is 7.54. The highest BCUT2D eigenvalue weighted by Gasteiger charge is 2.16. The van der Waals surface area contributed by atoms with Gasteiger partial charge in [-0.15, -0.1) is 0 Å². The van der Waals surface area contributed by atoms with Crippen LogP contribution in [-0.2, 0) is 11.3 Å². The van der Waals surface area contributed by atoms with Gasteiger partial charge in [0.05, 0.1) is 28.7 Å². The fraction of sp³-hybridized carbons (Fsp3) is 0.538. The summed E-state index contributed by atoms with van der Waals surface area (Å²) in [6, 6.07) is 4.75. The highest BCUT2D eigenvalue weighted by molar-refractivity contribution is 6.31. The van der Waals surface area contributed by atoms with Gasteiger partial charge in [-0.05, 0) is 6.07 Å². The van der Waals surface area contributed by atoms with Crippen molar-refractivity contribution in [1.82, 2.24) is 10.2 Å². The number of hydrogen-bond donors (Lipinski definition) is 1. The van der Waals surface area contributed by atoms with Crippen LogP contribution < -0.4 is 5.32 Å². The smallest absolute Gasteiger partial charge is 0.275 e. The SMILES string of the molecule is O=[N+]([O-])c1cccc(Cl)c1CNCCN1CCOCC1. The Morgan fingerprint density at radius 1 is 1.40 bits per heavy atom. The number of nitro groups is 1. The van der Waals surface area contributed by atoms with E-state index in [2.05, 4.69) is 10.2 Å². The summed E-state index contributed by atoms with van der Waals surface area (Å²) in [7, 11) is 0. The summed E-state index contributed by atoms with van der Waals surface area (Å²) in [6.45, 7) is 5.50. The maximum Gasteiger partial charge on any atom is 0.275 e. The number of morpholine rings is 1. The number of nitrogens with one attached hydrogen (secondary N) is 1. The van der Waals surface area contributed by atoms with Crippen LogP contribution in [0, 0.1) is 10.1 Å². The Kier molecular flexibility index (Phi) is 5.72. The summed E-state index contributed by atoms with van der Waals surface area (Å²) in [5.41, 5.74) is 0.609. The Bertz CT molecular complexity index is 464. The van der Waals surface area contributed by atoms with E-state index in [0.29, 0.717) is 17.1 Å². The van der Waals surface area contributed by atoms with Crippen LogP contribution >= 0.6 is 11.6 Å². The molecule has 1 saturated heterocycles. The number of nitro benzene ring substituents is 1. The van der Waals surface area contributed by atoms with Crippen LogP contribution in [0.25, 0.3) is 0 Å². The zero-order valence-electron chi connectivity index (χ0n) is 11.2. The quantitative estimate of drug-likeness (QED) is 0.492. The molecule has 0 aliphatic carbocycles. The molecule has 0 bridgehead atoms. The number of ether oxygens (including phenoxy) is 1. The number of hydrogen-bond acceptors (Lipinski definition) is 5. The molecule has 0 saturated carbocycles. The highest BCUT2D eigenvalue weighted by Crippen LogP contribution is 2.25. The minimum atomic E-state index is -0.398. The fourth-order valence-corrected chi connectivity index (χ4v) is 2.41. The molecule has 20 heavy (non-hydrogen) atoms. The number of halogens is 1. The van der Waals surface area contributed by atoms with E-state index in [1.807, 2.05) is 0 Å². The van der Waals surface area contributed by atoms with E-state index in [1.54, 1.807) is 12.1 Å². The average molecular weight is 300 g/mol. The molecule has 0 atom stereocenters. The van der Waals surface area contributed by atoms with E-state index < -0.39 is 4.92 Å². The van der Waals surface area contributed by atoms with Crippen molar-refractivity contribution in [3.05, 3.63) is 38.9 Å². The van der Waals surface area contributed by atoms with Crippen LogP contribution in [0.1, 0.15) is 5.56 Å². The molecule has 110 valence electrons. The molecule has 2 rings (SSSR count). The Morgan fingerprint density at radius 3 is 2.85 bits per heavy atom. The van der Waals surface area contributed by atoms with Gasteiger partial charge in [-0.2, -0.15) is 0 Å². The van der Waals surface area contributed by atoms with Crippen molar-refractivity contribution >= 4 is 17.3 Å². The molecule has 1 aromatic carbocycles. The minimum absolute atomic E-state index is 0.0661. The van der Waals surface area contributed by atoms with Gasteiger partial charge in [0.2, 0.25) is 0 Å². The average Bonchev–Trinajstić information content (AvgIpc) is 2.45. The standard InChI is InChI=1S/C13H18ClN3O3/c14-12-2-1-3-13(17(18)19)11(12)10-15-4-5-16-6-8-20-9-7-16/h1-3,15H,4-10H2. The van der Waals surface area contributed by atoms with Crippen molar-refractivity contribution in [3.8, 4) is 0 Å². The number of nitrogens with zero attached hydrogens (tertiary/aromatic N) is 2. The predicted octanol–water partition coefficient (Wildman–Crippen LogP) is 1.67. The molecule has 0 amide bonds. The van der Waals surface area contributed by atoms with Gasteiger partial charge in [0, 0.05) is 38.8 Å². The third-order valence-electron chi connectivity index (χ3n) is 3.30. The van der Waals surface area contributed by atoms with Crippen molar-refractivity contribution in [1.29, 1.82) is 0 Å². The highest BCUT2D eigenvalue weighted by atomic mass is 35.5. The first-order valence-electron chi connectivity index (χ1n) is 6.61. The summed E-state index contributed by atoms with van der Waals surface area (Å²) in [6.07, 6.45) is 0. The Balaban J connectivity index is 1.83. The van der Waals surface area contributed by atoms with Crippen molar-refractivity contribution in [2.45, 2.75) is 6.54 Å². The van der Waals surface area contributed by atoms with Crippen LogP contribution in [0.2, 0.25) is 5.02 Å². The van der Waals surface area contributed by atoms with Crippen LogP contribution in [0.3, 0.4) is 0 Å². The molecule has 0 spiro atoms. The van der Waals surface area contributed by atoms with Crippen LogP contribution in [-0.4, -0.2) is 49.2 Å². The number of benzene rings is 1. The van der Waals surface area contributed by atoms with Crippen molar-refractivity contribution < 1.29 is 9.66 Å². The maximum atomic E-state index is 11.0. The second-order valence-electron chi connectivity index (χ2n) is 4.63. The molecule has 1 aliphatic heterocycles. The first-order valence-corrected chi connectivity index (χ1v) is 6.99. The summed E-state index contributed by atoms with van der Waals surface area (Å²) in [4.78, 5) is 12.9. The second-order valence-corrected chi connectivity index (χ2v) is 5.03. The summed E-state index contributed by atoms with van der Waals surface area (Å²) < 4.78 is 5.28. The molecular formula is C13H18ClN3O3. The molecule has 0 unspecified atom stereocenters. The summed E-state index contributed by atoms with van der Waals surface area (Å²) in [5.74, 6) is 0. The first kappa shape index (κ1) is 15.2. The Labute approximate surface area is 122 Å². The molecule has 1 aliphatic rings.